The number of carbonyl (C=O) groups is 1. The van der Waals surface area contributed by atoms with Gasteiger partial charge in [0, 0.05) is 35.9 Å². The summed E-state index contributed by atoms with van der Waals surface area (Å²) in [6.07, 6.45) is -9.25. The predicted octanol–water partition coefficient (Wildman–Crippen LogP) is 7.22. The van der Waals surface area contributed by atoms with E-state index in [1.54, 1.807) is 0 Å². The summed E-state index contributed by atoms with van der Waals surface area (Å²) in [5.74, 6) is -0.814. The van der Waals surface area contributed by atoms with Crippen LogP contribution >= 0.6 is 11.6 Å². The summed E-state index contributed by atoms with van der Waals surface area (Å²) in [6, 6.07) is 6.23. The summed E-state index contributed by atoms with van der Waals surface area (Å²) >= 11 is 6.00. The zero-order valence-electron chi connectivity index (χ0n) is 23.7. The number of carboxylic acids is 1. The highest BCUT2D eigenvalue weighted by Gasteiger charge is 2.74. The lowest BCUT2D eigenvalue weighted by atomic mass is 9.53. The number of sulfone groups is 1. The molecule has 2 aromatic carbocycles. The van der Waals surface area contributed by atoms with Crippen LogP contribution in [0.3, 0.4) is 0 Å². The molecule has 3 saturated carbocycles. The molecule has 2 atom stereocenters. The minimum atomic E-state index is -6.33. The first-order chi connectivity index (χ1) is 20.8. The average Bonchev–Trinajstić information content (AvgIpc) is 3.36. The summed E-state index contributed by atoms with van der Waals surface area (Å²) in [7, 11) is -4.36. The first-order valence-corrected chi connectivity index (χ1v) is 16.4. The maximum absolute atomic E-state index is 15.0. The molecule has 2 N–H and O–H groups in total. The highest BCUT2D eigenvalue weighted by atomic mass is 35.5. The van der Waals surface area contributed by atoms with Crippen LogP contribution in [0.25, 0.3) is 0 Å². The average molecular weight is 683 g/mol. The summed E-state index contributed by atoms with van der Waals surface area (Å²) in [5.41, 5.74) is -8.75. The minimum Gasteiger partial charge on any atom is -0.481 e. The van der Waals surface area contributed by atoms with Gasteiger partial charge in [0.25, 0.3) is 0 Å². The second kappa shape index (κ2) is 10.2. The Bertz CT molecular complexity index is 1590. The van der Waals surface area contributed by atoms with Crippen molar-refractivity contribution in [3.05, 3.63) is 58.6 Å². The zero-order valence-corrected chi connectivity index (χ0v) is 25.3. The van der Waals surface area contributed by atoms with Crippen molar-refractivity contribution in [1.82, 2.24) is 4.90 Å². The van der Waals surface area contributed by atoms with Crippen LogP contribution in [0, 0.1) is 10.8 Å². The molecular formula is C30H30ClF7N2O4S. The molecule has 2 unspecified atom stereocenters. The number of fused-ring (bicyclic) bond motifs is 6. The van der Waals surface area contributed by atoms with Crippen LogP contribution in [0.4, 0.5) is 36.4 Å². The fraction of sp³-hybridized carbons (Fsp3) is 0.567. The van der Waals surface area contributed by atoms with Gasteiger partial charge in [-0.25, -0.2) is 12.8 Å². The number of carboxylic acid groups (broad SMARTS) is 1. The molecule has 15 heteroatoms. The van der Waals surface area contributed by atoms with Crippen molar-refractivity contribution in [2.24, 2.45) is 10.8 Å². The maximum Gasteiger partial charge on any atom is 0.435 e. The van der Waals surface area contributed by atoms with Crippen molar-refractivity contribution in [1.29, 1.82) is 0 Å². The maximum atomic E-state index is 15.0. The van der Waals surface area contributed by atoms with Crippen LogP contribution in [-0.2, 0) is 25.0 Å². The molecule has 246 valence electrons. The lowest BCUT2D eigenvalue weighted by Crippen LogP contribution is -2.57. The molecule has 2 bridgehead atoms. The zero-order chi connectivity index (χ0) is 32.8. The van der Waals surface area contributed by atoms with E-state index >= 15 is 4.39 Å². The Kier molecular flexibility index (Phi) is 7.34. The lowest BCUT2D eigenvalue weighted by Gasteiger charge is -2.53. The van der Waals surface area contributed by atoms with E-state index in [9.17, 15) is 44.7 Å². The van der Waals surface area contributed by atoms with Gasteiger partial charge in [0.2, 0.25) is 0 Å². The molecule has 4 fully saturated rings. The number of likely N-dealkylation sites (tertiary alicyclic amines) is 1. The van der Waals surface area contributed by atoms with Crippen molar-refractivity contribution >= 4 is 33.1 Å². The van der Waals surface area contributed by atoms with E-state index < -0.39 is 55.6 Å². The number of anilines is 1. The summed E-state index contributed by atoms with van der Waals surface area (Å²) in [6.45, 7) is 0.566. The third-order valence-electron chi connectivity index (χ3n) is 10.9. The van der Waals surface area contributed by atoms with Crippen LogP contribution < -0.4 is 5.32 Å². The smallest absolute Gasteiger partial charge is 0.435 e. The molecule has 2 aliphatic heterocycles. The molecule has 0 aromatic heterocycles. The highest BCUT2D eigenvalue weighted by molar-refractivity contribution is 7.92. The third-order valence-corrected chi connectivity index (χ3v) is 13.7. The number of benzene rings is 2. The van der Waals surface area contributed by atoms with Crippen molar-refractivity contribution in [2.45, 2.75) is 78.7 Å². The molecule has 7 rings (SSSR count). The van der Waals surface area contributed by atoms with Gasteiger partial charge in [-0.05, 0) is 86.3 Å². The fourth-order valence-corrected chi connectivity index (χ4v) is 10.7. The Morgan fingerprint density at radius 3 is 2.02 bits per heavy atom. The lowest BCUT2D eigenvalue weighted by molar-refractivity contribution is -0.348. The molecule has 0 amide bonds. The van der Waals surface area contributed by atoms with Crippen LogP contribution in [0.15, 0.2) is 47.4 Å². The van der Waals surface area contributed by atoms with E-state index in [2.05, 4.69) is 5.32 Å². The number of halogens is 8. The van der Waals surface area contributed by atoms with Crippen LogP contribution in [0.1, 0.15) is 56.1 Å². The number of aliphatic carboxylic acids is 1. The molecule has 5 aliphatic rings. The van der Waals surface area contributed by atoms with E-state index in [0.29, 0.717) is 57.2 Å². The molecule has 0 radical (unpaired) electrons. The molecule has 3 aliphatic carbocycles. The van der Waals surface area contributed by atoms with Gasteiger partial charge in [0.1, 0.15) is 4.75 Å². The Balaban J connectivity index is 1.44. The number of nitrogens with zero attached hydrogens (tertiary/aromatic N) is 1. The second-order valence-electron chi connectivity index (χ2n) is 13.0. The second-order valence-corrected chi connectivity index (χ2v) is 15.6. The number of hydrogen-bond acceptors (Lipinski definition) is 5. The molecule has 2 aromatic rings. The quantitative estimate of drug-likeness (QED) is 0.313. The standard InChI is InChI=1S/C30H30ClF7N2O4S/c31-19-2-4-20(5-3-19)45(43,44)27-13-14-40(17-25-7-10-26(11-8-25,12-9-25)24(41)42)23(27)16-39-22-15-18(1-6-21(22)27)28(32,29(33,34)35)30(36,37)38/h1-6,15,23,39H,7-14,16-17H2,(H,41,42). The van der Waals surface area contributed by atoms with E-state index in [4.69, 9.17) is 11.6 Å². The molecule has 1 saturated heterocycles. The van der Waals surface area contributed by atoms with E-state index in [1.165, 1.54) is 24.3 Å². The Hall–Kier alpha value is -2.58. The number of alkyl halides is 7. The van der Waals surface area contributed by atoms with E-state index in [0.717, 1.165) is 6.07 Å². The first-order valence-electron chi connectivity index (χ1n) is 14.5. The minimum absolute atomic E-state index is 0.0227. The van der Waals surface area contributed by atoms with Gasteiger partial charge in [-0.3, -0.25) is 9.69 Å². The van der Waals surface area contributed by atoms with Gasteiger partial charge >= 0.3 is 24.0 Å². The molecule has 6 nitrogen and oxygen atoms in total. The number of hydrogen-bond donors (Lipinski definition) is 2. The molecular weight excluding hydrogens is 653 g/mol. The Labute approximate surface area is 259 Å². The summed E-state index contributed by atoms with van der Waals surface area (Å²) < 4.78 is 124. The van der Waals surface area contributed by atoms with Crippen LogP contribution in [0.5, 0.6) is 0 Å². The summed E-state index contributed by atoms with van der Waals surface area (Å²) in [5, 5.41) is 12.9. The van der Waals surface area contributed by atoms with Gasteiger partial charge in [0.05, 0.1) is 16.4 Å². The number of nitrogens with one attached hydrogen (secondary N) is 1. The van der Waals surface area contributed by atoms with Crippen LogP contribution in [-0.4, -0.2) is 62.4 Å². The van der Waals surface area contributed by atoms with Gasteiger partial charge in [-0.2, -0.15) is 26.3 Å². The topological polar surface area (TPSA) is 86.7 Å². The van der Waals surface area contributed by atoms with E-state index in [1.807, 2.05) is 4.90 Å². The fourth-order valence-electron chi connectivity index (χ4n) is 8.23. The van der Waals surface area contributed by atoms with Crippen molar-refractivity contribution in [3.8, 4) is 0 Å². The SMILES string of the molecule is O=C(O)C12CCC(CN3CCC4(S(=O)(=O)c5ccc(Cl)cc5)c5ccc(C(F)(C(F)(F)F)C(F)(F)F)cc5NCC34)(CC1)CC2. The highest BCUT2D eigenvalue weighted by Crippen LogP contribution is 2.60. The largest absolute Gasteiger partial charge is 0.481 e. The van der Waals surface area contributed by atoms with E-state index in [-0.39, 0.29) is 46.1 Å². The summed E-state index contributed by atoms with van der Waals surface area (Å²) in [4.78, 5) is 13.8. The molecule has 2 heterocycles. The van der Waals surface area contributed by atoms with Gasteiger partial charge in [0.15, 0.2) is 9.84 Å². The van der Waals surface area contributed by atoms with Crippen LogP contribution in [0.2, 0.25) is 5.02 Å². The predicted molar refractivity (Wildman–Crippen MR) is 150 cm³/mol. The first kappa shape index (κ1) is 32.4. The molecule has 45 heavy (non-hydrogen) atoms. The van der Waals surface area contributed by atoms with Gasteiger partial charge < -0.3 is 10.4 Å². The third kappa shape index (κ3) is 4.59. The Morgan fingerprint density at radius 2 is 1.49 bits per heavy atom. The monoisotopic (exact) mass is 682 g/mol. The Morgan fingerprint density at radius 1 is 0.911 bits per heavy atom. The normalized spacial score (nSPS) is 30.4. The number of rotatable bonds is 6. The van der Waals surface area contributed by atoms with Crippen molar-refractivity contribution < 1.29 is 49.1 Å². The van der Waals surface area contributed by atoms with Crippen molar-refractivity contribution in [2.75, 3.05) is 25.0 Å². The van der Waals surface area contributed by atoms with Gasteiger partial charge in [-0.1, -0.05) is 23.7 Å². The van der Waals surface area contributed by atoms with Crippen molar-refractivity contribution in [3.63, 3.8) is 0 Å². The molecule has 0 spiro atoms. The van der Waals surface area contributed by atoms with Gasteiger partial charge in [-0.15, -0.1) is 0 Å².